The Bertz CT molecular complexity index is 1320. The standard InChI is InChI=1S/C23H21Cl3N4O4S/c1-35(32,33)23-28-9-16(10-29-23)22(31)30-12-15(6-7-34-21-5-3-17(24)11-27-21)18(13-30)14-2-4-19(25)20(26)8-14/h2-5,8-11,15,18H,6-7,12-13H2,1H3/t15-,18-/m1/s1. The molecule has 3 aromatic rings. The molecule has 1 fully saturated rings. The van der Waals surface area contributed by atoms with Crippen molar-refractivity contribution in [2.24, 2.45) is 5.92 Å². The number of nitrogens with zero attached hydrogens (tertiary/aromatic N) is 4. The predicted molar refractivity (Wildman–Crippen MR) is 133 cm³/mol. The molecule has 0 bridgehead atoms. The van der Waals surface area contributed by atoms with Gasteiger partial charge < -0.3 is 9.64 Å². The maximum atomic E-state index is 13.2. The first kappa shape index (κ1) is 25.6. The molecule has 0 spiro atoms. The van der Waals surface area contributed by atoms with Gasteiger partial charge in [0.25, 0.3) is 5.91 Å². The van der Waals surface area contributed by atoms with Crippen molar-refractivity contribution < 1.29 is 17.9 Å². The molecule has 1 saturated heterocycles. The molecule has 184 valence electrons. The van der Waals surface area contributed by atoms with Crippen LogP contribution >= 0.6 is 34.8 Å². The van der Waals surface area contributed by atoms with Crippen LogP contribution in [-0.4, -0.2) is 60.1 Å². The average Bonchev–Trinajstić information content (AvgIpc) is 3.25. The third-order valence-electron chi connectivity index (χ3n) is 5.75. The molecule has 4 rings (SSSR count). The molecule has 0 N–H and O–H groups in total. The van der Waals surface area contributed by atoms with E-state index in [-0.39, 0.29) is 28.5 Å². The van der Waals surface area contributed by atoms with Gasteiger partial charge in [-0.15, -0.1) is 0 Å². The Morgan fingerprint density at radius 2 is 1.77 bits per heavy atom. The fourth-order valence-electron chi connectivity index (χ4n) is 4.01. The molecular formula is C23H21Cl3N4O4S. The minimum atomic E-state index is -3.56. The van der Waals surface area contributed by atoms with Gasteiger partial charge in [-0.1, -0.05) is 40.9 Å². The Kier molecular flexibility index (Phi) is 7.80. The Hall–Kier alpha value is -2.46. The predicted octanol–water partition coefficient (Wildman–Crippen LogP) is 4.56. The molecule has 1 amide bonds. The monoisotopic (exact) mass is 554 g/mol. The number of ether oxygens (including phenoxy) is 1. The van der Waals surface area contributed by atoms with Gasteiger partial charge in [0.15, 0.2) is 0 Å². The van der Waals surface area contributed by atoms with Crippen molar-refractivity contribution in [1.82, 2.24) is 19.9 Å². The number of carbonyl (C=O) groups is 1. The fraction of sp³-hybridized carbons (Fsp3) is 0.304. The SMILES string of the molecule is CS(=O)(=O)c1ncc(C(=O)N2C[C@@H](CCOc3ccc(Cl)cn3)[C@@H](c3ccc(Cl)c(Cl)c3)C2)cn1. The van der Waals surface area contributed by atoms with Crippen molar-refractivity contribution >= 4 is 50.5 Å². The smallest absolute Gasteiger partial charge is 0.257 e. The lowest BCUT2D eigenvalue weighted by molar-refractivity contribution is 0.0783. The number of hydrogen-bond acceptors (Lipinski definition) is 7. The van der Waals surface area contributed by atoms with Gasteiger partial charge in [-0.25, -0.2) is 23.4 Å². The summed E-state index contributed by atoms with van der Waals surface area (Å²) in [5, 5.41) is 1.10. The molecular weight excluding hydrogens is 535 g/mol. The molecule has 1 aliphatic heterocycles. The van der Waals surface area contributed by atoms with Gasteiger partial charge in [0.1, 0.15) is 0 Å². The molecule has 2 aromatic heterocycles. The summed E-state index contributed by atoms with van der Waals surface area (Å²) in [7, 11) is -3.56. The third-order valence-corrected chi connectivity index (χ3v) is 7.58. The molecule has 35 heavy (non-hydrogen) atoms. The number of sulfone groups is 1. The van der Waals surface area contributed by atoms with Gasteiger partial charge in [-0.05, 0) is 36.1 Å². The highest BCUT2D eigenvalue weighted by Crippen LogP contribution is 2.37. The first-order chi connectivity index (χ1) is 16.6. The van der Waals surface area contributed by atoms with Crippen LogP contribution < -0.4 is 4.74 Å². The van der Waals surface area contributed by atoms with Crippen molar-refractivity contribution in [3.05, 3.63) is 75.1 Å². The normalized spacial score (nSPS) is 18.0. The summed E-state index contributed by atoms with van der Waals surface area (Å²) >= 11 is 18.2. The van der Waals surface area contributed by atoms with E-state index in [1.165, 1.54) is 18.6 Å². The molecule has 3 heterocycles. The Morgan fingerprint density at radius 1 is 1.03 bits per heavy atom. The van der Waals surface area contributed by atoms with Crippen LogP contribution in [0.15, 0.2) is 54.1 Å². The van der Waals surface area contributed by atoms with Crippen LogP contribution in [0.2, 0.25) is 15.1 Å². The van der Waals surface area contributed by atoms with E-state index in [4.69, 9.17) is 39.5 Å². The van der Waals surface area contributed by atoms with Gasteiger partial charge in [0, 0.05) is 49.9 Å². The summed E-state index contributed by atoms with van der Waals surface area (Å²) in [6, 6.07) is 8.87. The second-order valence-corrected chi connectivity index (χ2v) is 11.4. The lowest BCUT2D eigenvalue weighted by atomic mass is 9.87. The topological polar surface area (TPSA) is 102 Å². The van der Waals surface area contributed by atoms with E-state index in [9.17, 15) is 13.2 Å². The van der Waals surface area contributed by atoms with Gasteiger partial charge in [-0.2, -0.15) is 0 Å². The van der Waals surface area contributed by atoms with Gasteiger partial charge in [0.2, 0.25) is 20.9 Å². The van der Waals surface area contributed by atoms with Crippen molar-refractivity contribution in [2.45, 2.75) is 17.5 Å². The van der Waals surface area contributed by atoms with Crippen molar-refractivity contribution in [2.75, 3.05) is 26.0 Å². The highest BCUT2D eigenvalue weighted by atomic mass is 35.5. The van der Waals surface area contributed by atoms with E-state index in [2.05, 4.69) is 15.0 Å². The van der Waals surface area contributed by atoms with Crippen LogP contribution in [0, 0.1) is 5.92 Å². The molecule has 8 nitrogen and oxygen atoms in total. The van der Waals surface area contributed by atoms with E-state index in [1.807, 2.05) is 12.1 Å². The number of pyridine rings is 1. The van der Waals surface area contributed by atoms with Crippen LogP contribution in [0.25, 0.3) is 0 Å². The van der Waals surface area contributed by atoms with Gasteiger partial charge in [-0.3, -0.25) is 4.79 Å². The number of likely N-dealkylation sites (tertiary alicyclic amines) is 1. The second kappa shape index (κ2) is 10.7. The Balaban J connectivity index is 1.51. The number of aromatic nitrogens is 3. The maximum Gasteiger partial charge on any atom is 0.257 e. The summed E-state index contributed by atoms with van der Waals surface area (Å²) in [6.45, 7) is 1.30. The molecule has 1 aromatic carbocycles. The number of rotatable bonds is 7. The molecule has 0 aliphatic carbocycles. The molecule has 0 unspecified atom stereocenters. The highest BCUT2D eigenvalue weighted by molar-refractivity contribution is 7.90. The fourth-order valence-corrected chi connectivity index (χ4v) is 4.92. The molecule has 0 radical (unpaired) electrons. The zero-order valence-electron chi connectivity index (χ0n) is 18.6. The quantitative estimate of drug-likeness (QED) is 0.394. The van der Waals surface area contributed by atoms with Gasteiger partial charge in [0.05, 0.1) is 27.2 Å². The minimum Gasteiger partial charge on any atom is -0.478 e. The van der Waals surface area contributed by atoms with Crippen LogP contribution in [0.5, 0.6) is 5.88 Å². The van der Waals surface area contributed by atoms with Crippen molar-refractivity contribution in [1.29, 1.82) is 0 Å². The van der Waals surface area contributed by atoms with E-state index in [0.29, 0.717) is 47.1 Å². The summed E-state index contributed by atoms with van der Waals surface area (Å²) in [5.74, 6) is 0.249. The third kappa shape index (κ3) is 6.22. The number of hydrogen-bond donors (Lipinski definition) is 0. The number of benzene rings is 1. The van der Waals surface area contributed by atoms with Gasteiger partial charge >= 0.3 is 0 Å². The number of halogens is 3. The molecule has 0 saturated carbocycles. The van der Waals surface area contributed by atoms with Crippen LogP contribution in [0.1, 0.15) is 28.3 Å². The van der Waals surface area contributed by atoms with E-state index in [0.717, 1.165) is 11.8 Å². The lowest BCUT2D eigenvalue weighted by Gasteiger charge is -2.19. The average molecular weight is 556 g/mol. The maximum absolute atomic E-state index is 13.2. The Morgan fingerprint density at radius 3 is 2.40 bits per heavy atom. The van der Waals surface area contributed by atoms with Crippen LogP contribution in [0.3, 0.4) is 0 Å². The van der Waals surface area contributed by atoms with E-state index in [1.54, 1.807) is 23.1 Å². The van der Waals surface area contributed by atoms with Crippen molar-refractivity contribution in [3.63, 3.8) is 0 Å². The van der Waals surface area contributed by atoms with Crippen LogP contribution in [0.4, 0.5) is 0 Å². The first-order valence-corrected chi connectivity index (χ1v) is 13.6. The summed E-state index contributed by atoms with van der Waals surface area (Å²) < 4.78 is 29.0. The zero-order valence-corrected chi connectivity index (χ0v) is 21.7. The lowest BCUT2D eigenvalue weighted by Crippen LogP contribution is -2.29. The minimum absolute atomic E-state index is 0.00768. The van der Waals surface area contributed by atoms with Crippen molar-refractivity contribution in [3.8, 4) is 5.88 Å². The van der Waals surface area contributed by atoms with E-state index < -0.39 is 9.84 Å². The molecule has 2 atom stereocenters. The molecule has 1 aliphatic rings. The second-order valence-electron chi connectivity index (χ2n) is 8.23. The Labute approximate surface area is 218 Å². The highest BCUT2D eigenvalue weighted by Gasteiger charge is 2.37. The summed E-state index contributed by atoms with van der Waals surface area (Å²) in [6.07, 6.45) is 5.66. The summed E-state index contributed by atoms with van der Waals surface area (Å²) in [5.41, 5.74) is 1.18. The van der Waals surface area contributed by atoms with Crippen LogP contribution in [-0.2, 0) is 9.84 Å². The van der Waals surface area contributed by atoms with E-state index >= 15 is 0 Å². The molecule has 12 heteroatoms. The number of carbonyl (C=O) groups excluding carboxylic acids is 1. The summed E-state index contributed by atoms with van der Waals surface area (Å²) in [4.78, 5) is 26.7. The first-order valence-electron chi connectivity index (χ1n) is 10.6. The number of amides is 1. The zero-order chi connectivity index (χ0) is 25.2. The largest absolute Gasteiger partial charge is 0.478 e.